The maximum absolute atomic E-state index is 11.7. The van der Waals surface area contributed by atoms with Gasteiger partial charge in [-0.3, -0.25) is 4.79 Å². The molecular formula is C10H20N2O2. The van der Waals surface area contributed by atoms with E-state index >= 15 is 0 Å². The molecule has 2 unspecified atom stereocenters. The summed E-state index contributed by atoms with van der Waals surface area (Å²) in [6, 6.07) is 0.1000. The minimum atomic E-state index is 0.1000. The van der Waals surface area contributed by atoms with Crippen molar-refractivity contribution in [1.82, 2.24) is 10.6 Å². The van der Waals surface area contributed by atoms with Crippen LogP contribution in [0.4, 0.5) is 0 Å². The van der Waals surface area contributed by atoms with Gasteiger partial charge in [0, 0.05) is 19.1 Å². The lowest BCUT2D eigenvalue weighted by Gasteiger charge is -2.32. The van der Waals surface area contributed by atoms with E-state index in [1.54, 1.807) is 7.11 Å². The number of hydrogen-bond acceptors (Lipinski definition) is 3. The zero-order chi connectivity index (χ0) is 10.6. The van der Waals surface area contributed by atoms with Gasteiger partial charge < -0.3 is 15.4 Å². The molecule has 0 radical (unpaired) electrons. The molecule has 0 aromatic carbocycles. The van der Waals surface area contributed by atoms with E-state index in [-0.39, 0.29) is 17.9 Å². The monoisotopic (exact) mass is 200 g/mol. The fourth-order valence-corrected chi connectivity index (χ4v) is 1.54. The third-order valence-electron chi connectivity index (χ3n) is 2.74. The second kappa shape index (κ2) is 5.32. The molecule has 1 aliphatic heterocycles. The van der Waals surface area contributed by atoms with Crippen LogP contribution in [-0.2, 0) is 9.53 Å². The van der Waals surface area contributed by atoms with E-state index in [9.17, 15) is 4.79 Å². The van der Waals surface area contributed by atoms with Crippen molar-refractivity contribution in [2.24, 2.45) is 11.8 Å². The highest BCUT2D eigenvalue weighted by Gasteiger charge is 2.28. The van der Waals surface area contributed by atoms with Crippen LogP contribution in [0, 0.1) is 11.8 Å². The molecule has 82 valence electrons. The zero-order valence-electron chi connectivity index (χ0n) is 9.17. The topological polar surface area (TPSA) is 50.4 Å². The molecule has 0 aromatic heterocycles. The standard InChI is InChI=1S/C10H20N2O2/c1-7(6-14-3)12-10(13)8(2)9-4-11-5-9/h7-9,11H,4-6H2,1-3H3,(H,12,13). The van der Waals surface area contributed by atoms with Crippen molar-refractivity contribution in [1.29, 1.82) is 0 Å². The summed E-state index contributed by atoms with van der Waals surface area (Å²) in [4.78, 5) is 11.7. The SMILES string of the molecule is COCC(C)NC(=O)C(C)C1CNC1. The van der Waals surface area contributed by atoms with Gasteiger partial charge in [0.15, 0.2) is 0 Å². The third-order valence-corrected chi connectivity index (χ3v) is 2.74. The Balaban J connectivity index is 2.25. The lowest BCUT2D eigenvalue weighted by molar-refractivity contribution is -0.127. The van der Waals surface area contributed by atoms with Crippen molar-refractivity contribution < 1.29 is 9.53 Å². The number of nitrogens with one attached hydrogen (secondary N) is 2. The minimum Gasteiger partial charge on any atom is -0.383 e. The average molecular weight is 200 g/mol. The summed E-state index contributed by atoms with van der Waals surface area (Å²) in [7, 11) is 1.64. The Morgan fingerprint density at radius 2 is 2.21 bits per heavy atom. The van der Waals surface area contributed by atoms with Crippen molar-refractivity contribution in [3.05, 3.63) is 0 Å². The molecule has 1 aliphatic rings. The van der Waals surface area contributed by atoms with Crippen LogP contribution in [0.5, 0.6) is 0 Å². The van der Waals surface area contributed by atoms with Gasteiger partial charge in [-0.15, -0.1) is 0 Å². The van der Waals surface area contributed by atoms with Gasteiger partial charge in [-0.05, 0) is 25.9 Å². The van der Waals surface area contributed by atoms with E-state index in [2.05, 4.69) is 10.6 Å². The van der Waals surface area contributed by atoms with Crippen molar-refractivity contribution in [3.63, 3.8) is 0 Å². The number of ether oxygens (including phenoxy) is 1. The predicted octanol–water partition coefficient (Wildman–Crippen LogP) is -0.00700. The Labute approximate surface area is 85.4 Å². The minimum absolute atomic E-state index is 0.1000. The number of carbonyl (C=O) groups is 1. The molecule has 0 saturated carbocycles. The molecule has 4 nitrogen and oxygen atoms in total. The largest absolute Gasteiger partial charge is 0.383 e. The fraction of sp³-hybridized carbons (Fsp3) is 0.900. The smallest absolute Gasteiger partial charge is 0.223 e. The van der Waals surface area contributed by atoms with Gasteiger partial charge in [0.2, 0.25) is 5.91 Å². The summed E-state index contributed by atoms with van der Waals surface area (Å²) < 4.78 is 4.96. The van der Waals surface area contributed by atoms with Crippen LogP contribution in [0.1, 0.15) is 13.8 Å². The van der Waals surface area contributed by atoms with E-state index in [0.29, 0.717) is 12.5 Å². The first-order valence-corrected chi connectivity index (χ1v) is 5.15. The van der Waals surface area contributed by atoms with Gasteiger partial charge in [0.25, 0.3) is 0 Å². The van der Waals surface area contributed by atoms with Gasteiger partial charge in [0.1, 0.15) is 0 Å². The lowest BCUT2D eigenvalue weighted by atomic mass is 9.88. The highest BCUT2D eigenvalue weighted by molar-refractivity contribution is 5.79. The van der Waals surface area contributed by atoms with Gasteiger partial charge in [-0.1, -0.05) is 6.92 Å². The van der Waals surface area contributed by atoms with Crippen molar-refractivity contribution in [2.45, 2.75) is 19.9 Å². The van der Waals surface area contributed by atoms with Gasteiger partial charge >= 0.3 is 0 Å². The highest BCUT2D eigenvalue weighted by Crippen LogP contribution is 2.15. The second-order valence-corrected chi connectivity index (χ2v) is 4.07. The molecule has 0 aliphatic carbocycles. The Bertz CT molecular complexity index is 193. The maximum atomic E-state index is 11.7. The summed E-state index contributed by atoms with van der Waals surface area (Å²) in [6.07, 6.45) is 0. The molecule has 0 aromatic rings. The maximum Gasteiger partial charge on any atom is 0.223 e. The van der Waals surface area contributed by atoms with Crippen LogP contribution < -0.4 is 10.6 Å². The summed E-state index contributed by atoms with van der Waals surface area (Å²) >= 11 is 0. The summed E-state index contributed by atoms with van der Waals surface area (Å²) in [5, 5.41) is 6.11. The first kappa shape index (κ1) is 11.5. The Morgan fingerprint density at radius 3 is 2.64 bits per heavy atom. The van der Waals surface area contributed by atoms with Crippen molar-refractivity contribution in [2.75, 3.05) is 26.8 Å². The summed E-state index contributed by atoms with van der Waals surface area (Å²) in [5.41, 5.74) is 0. The summed E-state index contributed by atoms with van der Waals surface area (Å²) in [5.74, 6) is 0.751. The van der Waals surface area contributed by atoms with Gasteiger partial charge in [-0.25, -0.2) is 0 Å². The third kappa shape index (κ3) is 2.96. The number of methoxy groups -OCH3 is 1. The average Bonchev–Trinajstić information content (AvgIpc) is 2.01. The molecule has 0 spiro atoms. The molecular weight excluding hydrogens is 180 g/mol. The Hall–Kier alpha value is -0.610. The van der Waals surface area contributed by atoms with Crippen molar-refractivity contribution in [3.8, 4) is 0 Å². The molecule has 1 saturated heterocycles. The molecule has 14 heavy (non-hydrogen) atoms. The van der Waals surface area contributed by atoms with Crippen LogP contribution in [0.3, 0.4) is 0 Å². The van der Waals surface area contributed by atoms with E-state index in [4.69, 9.17) is 4.74 Å². The molecule has 1 heterocycles. The predicted molar refractivity (Wildman–Crippen MR) is 55.0 cm³/mol. The summed E-state index contributed by atoms with van der Waals surface area (Å²) in [6.45, 7) is 6.44. The first-order chi connectivity index (χ1) is 6.65. The molecule has 0 bridgehead atoms. The molecule has 2 atom stereocenters. The normalized spacial score (nSPS) is 21.1. The molecule has 2 N–H and O–H groups in total. The Morgan fingerprint density at radius 1 is 1.57 bits per heavy atom. The van der Waals surface area contributed by atoms with Crippen LogP contribution in [0.2, 0.25) is 0 Å². The zero-order valence-corrected chi connectivity index (χ0v) is 9.17. The van der Waals surface area contributed by atoms with Gasteiger partial charge in [-0.2, -0.15) is 0 Å². The van der Waals surface area contributed by atoms with E-state index in [0.717, 1.165) is 13.1 Å². The lowest BCUT2D eigenvalue weighted by Crippen LogP contribution is -2.51. The van der Waals surface area contributed by atoms with Gasteiger partial charge in [0.05, 0.1) is 6.61 Å². The molecule has 1 amide bonds. The van der Waals surface area contributed by atoms with Crippen LogP contribution >= 0.6 is 0 Å². The second-order valence-electron chi connectivity index (χ2n) is 4.07. The van der Waals surface area contributed by atoms with Crippen LogP contribution in [-0.4, -0.2) is 38.8 Å². The number of carbonyl (C=O) groups excluding carboxylic acids is 1. The first-order valence-electron chi connectivity index (χ1n) is 5.15. The fourth-order valence-electron chi connectivity index (χ4n) is 1.54. The van der Waals surface area contributed by atoms with Crippen molar-refractivity contribution >= 4 is 5.91 Å². The van der Waals surface area contributed by atoms with E-state index < -0.39 is 0 Å². The number of amides is 1. The van der Waals surface area contributed by atoms with E-state index in [1.165, 1.54) is 0 Å². The number of hydrogen-bond donors (Lipinski definition) is 2. The molecule has 1 fully saturated rings. The Kier molecular flexibility index (Phi) is 4.35. The van der Waals surface area contributed by atoms with Crippen LogP contribution in [0.15, 0.2) is 0 Å². The quantitative estimate of drug-likeness (QED) is 0.656. The molecule has 4 heteroatoms. The highest BCUT2D eigenvalue weighted by atomic mass is 16.5. The van der Waals surface area contributed by atoms with E-state index in [1.807, 2.05) is 13.8 Å². The molecule has 1 rings (SSSR count). The number of rotatable bonds is 5. The van der Waals surface area contributed by atoms with Crippen LogP contribution in [0.25, 0.3) is 0 Å².